The first kappa shape index (κ1) is 12.9. The van der Waals surface area contributed by atoms with Crippen molar-refractivity contribution in [1.29, 1.82) is 0 Å². The van der Waals surface area contributed by atoms with Crippen LogP contribution in [0.1, 0.15) is 16.2 Å². The summed E-state index contributed by atoms with van der Waals surface area (Å²) in [5.74, 6) is 0.249. The van der Waals surface area contributed by atoms with E-state index in [1.807, 2.05) is 0 Å². The molecule has 0 radical (unpaired) electrons. The van der Waals surface area contributed by atoms with E-state index >= 15 is 0 Å². The topological polar surface area (TPSA) is 86.5 Å². The molecule has 1 N–H and O–H groups in total. The maximum atomic E-state index is 11.1. The number of carboxylic acids is 1. The van der Waals surface area contributed by atoms with Gasteiger partial charge in [0.05, 0.1) is 7.11 Å². The van der Waals surface area contributed by atoms with Crippen molar-refractivity contribution >= 4 is 5.97 Å². The number of methoxy groups -OCH3 is 1. The second-order valence-electron chi connectivity index (χ2n) is 3.76. The van der Waals surface area contributed by atoms with Crippen molar-refractivity contribution in [3.63, 3.8) is 0 Å². The molecule has 0 atom stereocenters. The highest BCUT2D eigenvalue weighted by atomic mass is 16.5. The van der Waals surface area contributed by atoms with E-state index in [2.05, 4.69) is 10.1 Å². The lowest BCUT2D eigenvalue weighted by atomic mass is 10.2. The van der Waals surface area contributed by atoms with E-state index in [1.54, 1.807) is 23.9 Å². The van der Waals surface area contributed by atoms with Crippen molar-refractivity contribution in [2.45, 2.75) is 6.61 Å². The summed E-state index contributed by atoms with van der Waals surface area (Å²) in [7, 11) is 3.21. The van der Waals surface area contributed by atoms with Crippen LogP contribution in [-0.2, 0) is 13.7 Å². The molecule has 0 unspecified atom stereocenters. The Hall–Kier alpha value is -2.57. The van der Waals surface area contributed by atoms with Crippen molar-refractivity contribution in [2.24, 2.45) is 7.05 Å². The Balaban J connectivity index is 2.20. The van der Waals surface area contributed by atoms with Gasteiger partial charge >= 0.3 is 5.97 Å². The number of aryl methyl sites for hydroxylation is 1. The number of carboxylic acid groups (broad SMARTS) is 1. The standard InChI is InChI=1S/C12H13N3O4/c1-15-11(13-7-14-15)6-19-10-4-3-8(18-2)5-9(10)12(16)17/h3-5,7H,6H2,1-2H3,(H,16,17). The molecule has 2 rings (SSSR count). The van der Waals surface area contributed by atoms with Gasteiger partial charge in [-0.25, -0.2) is 9.78 Å². The molecular weight excluding hydrogens is 250 g/mol. The largest absolute Gasteiger partial charge is 0.497 e. The van der Waals surface area contributed by atoms with Gasteiger partial charge in [0.25, 0.3) is 0 Å². The Bertz CT molecular complexity index is 594. The lowest BCUT2D eigenvalue weighted by Crippen LogP contribution is -2.07. The number of aromatic carboxylic acids is 1. The normalized spacial score (nSPS) is 10.2. The zero-order chi connectivity index (χ0) is 13.8. The molecule has 1 aromatic heterocycles. The highest BCUT2D eigenvalue weighted by Gasteiger charge is 2.13. The molecule has 2 aromatic rings. The molecule has 0 aliphatic heterocycles. The highest BCUT2D eigenvalue weighted by Crippen LogP contribution is 2.24. The minimum atomic E-state index is -1.08. The van der Waals surface area contributed by atoms with Crippen molar-refractivity contribution in [3.05, 3.63) is 35.9 Å². The van der Waals surface area contributed by atoms with E-state index in [0.717, 1.165) is 0 Å². The second kappa shape index (κ2) is 5.38. The number of ether oxygens (including phenoxy) is 2. The number of hydrogen-bond acceptors (Lipinski definition) is 5. The minimum absolute atomic E-state index is 0.0431. The molecule has 0 saturated heterocycles. The Kier molecular flexibility index (Phi) is 3.65. The molecule has 1 aromatic carbocycles. The van der Waals surface area contributed by atoms with Crippen LogP contribution in [0.5, 0.6) is 11.5 Å². The molecule has 7 nitrogen and oxygen atoms in total. The number of rotatable bonds is 5. The van der Waals surface area contributed by atoms with Gasteiger partial charge in [-0.1, -0.05) is 0 Å². The summed E-state index contributed by atoms with van der Waals surface area (Å²) in [6.45, 7) is 0.142. The summed E-state index contributed by atoms with van der Waals surface area (Å²) >= 11 is 0. The van der Waals surface area contributed by atoms with Gasteiger partial charge < -0.3 is 14.6 Å². The third kappa shape index (κ3) is 2.82. The fourth-order valence-corrected chi connectivity index (χ4v) is 1.52. The number of aromatic nitrogens is 3. The van der Waals surface area contributed by atoms with Gasteiger partial charge in [0.2, 0.25) is 0 Å². The number of nitrogens with zero attached hydrogens (tertiary/aromatic N) is 3. The fraction of sp³-hybridized carbons (Fsp3) is 0.250. The zero-order valence-electron chi connectivity index (χ0n) is 10.5. The molecule has 7 heteroatoms. The van der Waals surface area contributed by atoms with Crippen LogP contribution >= 0.6 is 0 Å². The lowest BCUT2D eigenvalue weighted by Gasteiger charge is -2.10. The van der Waals surface area contributed by atoms with Crippen molar-refractivity contribution in [3.8, 4) is 11.5 Å². The van der Waals surface area contributed by atoms with Crippen molar-refractivity contribution in [1.82, 2.24) is 14.8 Å². The van der Waals surface area contributed by atoms with E-state index in [0.29, 0.717) is 11.6 Å². The molecule has 0 aliphatic rings. The monoisotopic (exact) mass is 263 g/mol. The van der Waals surface area contributed by atoms with Crippen LogP contribution in [0.4, 0.5) is 0 Å². The van der Waals surface area contributed by atoms with Crippen LogP contribution < -0.4 is 9.47 Å². The summed E-state index contributed by atoms with van der Waals surface area (Å²) in [6.07, 6.45) is 1.41. The lowest BCUT2D eigenvalue weighted by molar-refractivity contribution is 0.0691. The smallest absolute Gasteiger partial charge is 0.339 e. The maximum absolute atomic E-state index is 11.1. The van der Waals surface area contributed by atoms with E-state index in [1.165, 1.54) is 19.5 Å². The van der Waals surface area contributed by atoms with Gasteiger partial charge in [-0.3, -0.25) is 4.68 Å². The van der Waals surface area contributed by atoms with E-state index < -0.39 is 5.97 Å². The Morgan fingerprint density at radius 2 is 2.26 bits per heavy atom. The molecular formula is C12H13N3O4. The first-order valence-electron chi connectivity index (χ1n) is 5.49. The van der Waals surface area contributed by atoms with Crippen LogP contribution in [0.3, 0.4) is 0 Å². The summed E-state index contributed by atoms with van der Waals surface area (Å²) in [5, 5.41) is 13.0. The summed E-state index contributed by atoms with van der Waals surface area (Å²) in [4.78, 5) is 15.1. The number of carbonyl (C=O) groups is 1. The van der Waals surface area contributed by atoms with Crippen LogP contribution in [-0.4, -0.2) is 33.0 Å². The number of benzene rings is 1. The molecule has 0 amide bonds. The average molecular weight is 263 g/mol. The predicted octanol–water partition coefficient (Wildman–Crippen LogP) is 1.10. The molecule has 0 bridgehead atoms. The minimum Gasteiger partial charge on any atom is -0.497 e. The Morgan fingerprint density at radius 1 is 1.47 bits per heavy atom. The van der Waals surface area contributed by atoms with Crippen LogP contribution in [0.25, 0.3) is 0 Å². The quantitative estimate of drug-likeness (QED) is 0.869. The summed E-state index contributed by atoms with van der Waals surface area (Å²) in [6, 6.07) is 4.60. The van der Waals surface area contributed by atoms with Gasteiger partial charge in [-0.15, -0.1) is 0 Å². The van der Waals surface area contributed by atoms with Crippen LogP contribution in [0, 0.1) is 0 Å². The van der Waals surface area contributed by atoms with Crippen molar-refractivity contribution in [2.75, 3.05) is 7.11 Å². The van der Waals surface area contributed by atoms with Gasteiger partial charge in [-0.05, 0) is 18.2 Å². The fourth-order valence-electron chi connectivity index (χ4n) is 1.52. The van der Waals surface area contributed by atoms with E-state index in [4.69, 9.17) is 14.6 Å². The van der Waals surface area contributed by atoms with Crippen LogP contribution in [0.2, 0.25) is 0 Å². The molecule has 100 valence electrons. The molecule has 1 heterocycles. The molecule has 0 fully saturated rings. The highest BCUT2D eigenvalue weighted by molar-refractivity contribution is 5.91. The first-order chi connectivity index (χ1) is 9.11. The van der Waals surface area contributed by atoms with Gasteiger partial charge in [0.1, 0.15) is 30.0 Å². The SMILES string of the molecule is COc1ccc(OCc2ncnn2C)c(C(=O)O)c1. The van der Waals surface area contributed by atoms with Gasteiger partial charge in [-0.2, -0.15) is 5.10 Å². The zero-order valence-corrected chi connectivity index (χ0v) is 10.5. The van der Waals surface area contributed by atoms with Gasteiger partial charge in [0, 0.05) is 7.05 Å². The maximum Gasteiger partial charge on any atom is 0.339 e. The molecule has 0 spiro atoms. The molecule has 19 heavy (non-hydrogen) atoms. The van der Waals surface area contributed by atoms with Crippen molar-refractivity contribution < 1.29 is 19.4 Å². The average Bonchev–Trinajstić information content (AvgIpc) is 2.81. The summed E-state index contributed by atoms with van der Waals surface area (Å²) < 4.78 is 12.0. The molecule has 0 aliphatic carbocycles. The number of hydrogen-bond donors (Lipinski definition) is 1. The predicted molar refractivity (Wildman–Crippen MR) is 65.3 cm³/mol. The third-order valence-electron chi connectivity index (χ3n) is 2.58. The Labute approximate surface area is 109 Å². The third-order valence-corrected chi connectivity index (χ3v) is 2.58. The van der Waals surface area contributed by atoms with E-state index in [-0.39, 0.29) is 17.9 Å². The Morgan fingerprint density at radius 3 is 2.84 bits per heavy atom. The first-order valence-corrected chi connectivity index (χ1v) is 5.49. The van der Waals surface area contributed by atoms with Gasteiger partial charge in [0.15, 0.2) is 5.82 Å². The van der Waals surface area contributed by atoms with Crippen LogP contribution in [0.15, 0.2) is 24.5 Å². The van der Waals surface area contributed by atoms with E-state index in [9.17, 15) is 4.79 Å². The second-order valence-corrected chi connectivity index (χ2v) is 3.76. The summed E-state index contributed by atoms with van der Waals surface area (Å²) in [5.41, 5.74) is 0.0431. The molecule has 0 saturated carbocycles.